The Bertz CT molecular complexity index is 636. The summed E-state index contributed by atoms with van der Waals surface area (Å²) in [6, 6.07) is 10.1. The van der Waals surface area contributed by atoms with Gasteiger partial charge in [-0.3, -0.25) is 9.78 Å². The lowest BCUT2D eigenvalue weighted by Gasteiger charge is -2.16. The fourth-order valence-electron chi connectivity index (χ4n) is 3.31. The Hall–Kier alpha value is -1.94. The van der Waals surface area contributed by atoms with Crippen LogP contribution in [0.25, 0.3) is 10.9 Å². The summed E-state index contributed by atoms with van der Waals surface area (Å²) in [6.45, 7) is 1.53. The number of fused-ring (bicyclic) bond motifs is 1. The van der Waals surface area contributed by atoms with Gasteiger partial charge in [0, 0.05) is 18.1 Å². The predicted molar refractivity (Wildman–Crippen MR) is 81.9 cm³/mol. The highest BCUT2D eigenvalue weighted by Crippen LogP contribution is 2.31. The van der Waals surface area contributed by atoms with E-state index in [9.17, 15) is 9.90 Å². The van der Waals surface area contributed by atoms with Gasteiger partial charge in [0.25, 0.3) is 0 Å². The summed E-state index contributed by atoms with van der Waals surface area (Å²) in [5, 5.41) is 13.8. The average molecular weight is 284 g/mol. The van der Waals surface area contributed by atoms with Crippen molar-refractivity contribution >= 4 is 16.9 Å². The van der Waals surface area contributed by atoms with Crippen LogP contribution in [0.1, 0.15) is 24.8 Å². The molecule has 1 aromatic heterocycles. The van der Waals surface area contributed by atoms with Crippen molar-refractivity contribution in [1.29, 1.82) is 0 Å². The Labute approximate surface area is 124 Å². The zero-order valence-corrected chi connectivity index (χ0v) is 12.0. The molecule has 1 aliphatic rings. The quantitative estimate of drug-likeness (QED) is 0.886. The molecule has 0 spiro atoms. The van der Waals surface area contributed by atoms with E-state index in [1.807, 2.05) is 30.5 Å². The van der Waals surface area contributed by atoms with Crippen LogP contribution in [0.2, 0.25) is 0 Å². The molecule has 2 unspecified atom stereocenters. The molecule has 1 heterocycles. The number of nitrogens with zero attached hydrogens (tertiary/aromatic N) is 1. The molecular weight excluding hydrogens is 264 g/mol. The van der Waals surface area contributed by atoms with Crippen LogP contribution in [0.4, 0.5) is 0 Å². The lowest BCUT2D eigenvalue weighted by molar-refractivity contribution is -0.142. The van der Waals surface area contributed by atoms with Crippen molar-refractivity contribution in [2.45, 2.75) is 25.8 Å². The van der Waals surface area contributed by atoms with Crippen molar-refractivity contribution in [3.8, 4) is 0 Å². The fourth-order valence-corrected chi connectivity index (χ4v) is 3.31. The normalized spacial score (nSPS) is 21.7. The van der Waals surface area contributed by atoms with Crippen molar-refractivity contribution in [1.82, 2.24) is 10.3 Å². The molecule has 0 aliphatic heterocycles. The van der Waals surface area contributed by atoms with E-state index in [1.54, 1.807) is 0 Å². The lowest BCUT2D eigenvalue weighted by Crippen LogP contribution is -2.28. The van der Waals surface area contributed by atoms with Gasteiger partial charge in [-0.25, -0.2) is 0 Å². The predicted octanol–water partition coefficient (Wildman–Crippen LogP) is 2.83. The van der Waals surface area contributed by atoms with Gasteiger partial charge in [-0.05, 0) is 43.0 Å². The summed E-state index contributed by atoms with van der Waals surface area (Å²) in [6.07, 6.45) is 4.69. The summed E-state index contributed by atoms with van der Waals surface area (Å²) in [7, 11) is 0. The number of pyridine rings is 1. The van der Waals surface area contributed by atoms with Crippen molar-refractivity contribution in [3.05, 3.63) is 42.1 Å². The first-order valence-electron chi connectivity index (χ1n) is 7.52. The second-order valence-corrected chi connectivity index (χ2v) is 5.75. The number of para-hydroxylation sites is 1. The Morgan fingerprint density at radius 3 is 3.00 bits per heavy atom. The number of hydrogen-bond donors (Lipinski definition) is 2. The number of carboxylic acid groups (broad SMARTS) is 1. The maximum absolute atomic E-state index is 11.2. The summed E-state index contributed by atoms with van der Waals surface area (Å²) < 4.78 is 0. The number of nitrogens with one attached hydrogen (secondary N) is 1. The molecule has 4 heteroatoms. The number of aromatic nitrogens is 1. The molecule has 0 amide bonds. The number of benzene rings is 1. The molecule has 1 saturated carbocycles. The molecule has 0 saturated heterocycles. The number of aliphatic carboxylic acids is 1. The van der Waals surface area contributed by atoms with Gasteiger partial charge in [0.15, 0.2) is 0 Å². The standard InChI is InChI=1S/C17H20N2O2/c20-17(21)15-6-3-4-12(15)10-18-11-13-8-9-19-16-7-2-1-5-14(13)16/h1-2,5,7-9,12,15,18H,3-4,6,10-11H2,(H,20,21). The largest absolute Gasteiger partial charge is 0.481 e. The van der Waals surface area contributed by atoms with E-state index in [-0.39, 0.29) is 11.8 Å². The minimum absolute atomic E-state index is 0.174. The average Bonchev–Trinajstić information content (AvgIpc) is 2.96. The molecule has 2 N–H and O–H groups in total. The smallest absolute Gasteiger partial charge is 0.306 e. The van der Waals surface area contributed by atoms with Gasteiger partial charge in [-0.1, -0.05) is 24.6 Å². The van der Waals surface area contributed by atoms with Crippen LogP contribution in [-0.2, 0) is 11.3 Å². The van der Waals surface area contributed by atoms with E-state index < -0.39 is 5.97 Å². The summed E-state index contributed by atoms with van der Waals surface area (Å²) in [5.74, 6) is -0.559. The minimum Gasteiger partial charge on any atom is -0.481 e. The van der Waals surface area contributed by atoms with Crippen LogP contribution in [0, 0.1) is 11.8 Å². The van der Waals surface area contributed by atoms with Gasteiger partial charge < -0.3 is 10.4 Å². The van der Waals surface area contributed by atoms with Gasteiger partial charge in [0.05, 0.1) is 11.4 Å². The lowest BCUT2D eigenvalue weighted by atomic mass is 9.96. The van der Waals surface area contributed by atoms with Crippen LogP contribution in [-0.4, -0.2) is 22.6 Å². The van der Waals surface area contributed by atoms with Gasteiger partial charge in [-0.15, -0.1) is 0 Å². The molecule has 21 heavy (non-hydrogen) atoms. The highest BCUT2D eigenvalue weighted by Gasteiger charge is 2.32. The molecule has 110 valence electrons. The van der Waals surface area contributed by atoms with Crippen molar-refractivity contribution in [2.24, 2.45) is 11.8 Å². The fraction of sp³-hybridized carbons (Fsp3) is 0.412. The van der Waals surface area contributed by atoms with Crippen LogP contribution in [0.15, 0.2) is 36.5 Å². The molecule has 0 radical (unpaired) electrons. The van der Waals surface area contributed by atoms with E-state index in [0.717, 1.165) is 43.3 Å². The highest BCUT2D eigenvalue weighted by molar-refractivity contribution is 5.81. The second kappa shape index (κ2) is 6.22. The second-order valence-electron chi connectivity index (χ2n) is 5.75. The Morgan fingerprint density at radius 1 is 1.29 bits per heavy atom. The molecule has 0 bridgehead atoms. The van der Waals surface area contributed by atoms with E-state index in [4.69, 9.17) is 0 Å². The number of hydrogen-bond acceptors (Lipinski definition) is 3. The molecule has 3 rings (SSSR count). The zero-order chi connectivity index (χ0) is 14.7. The molecule has 2 aromatic rings. The Kier molecular flexibility index (Phi) is 4.15. The van der Waals surface area contributed by atoms with Crippen molar-refractivity contribution in [3.63, 3.8) is 0 Å². The SMILES string of the molecule is O=C(O)C1CCCC1CNCc1ccnc2ccccc12. The van der Waals surface area contributed by atoms with Crippen LogP contribution < -0.4 is 5.32 Å². The van der Waals surface area contributed by atoms with Gasteiger partial charge in [0.2, 0.25) is 0 Å². The number of rotatable bonds is 5. The Morgan fingerprint density at radius 2 is 2.14 bits per heavy atom. The van der Waals surface area contributed by atoms with Crippen LogP contribution in [0.3, 0.4) is 0 Å². The summed E-state index contributed by atoms with van der Waals surface area (Å²) in [5.41, 5.74) is 2.21. The topological polar surface area (TPSA) is 62.2 Å². The monoisotopic (exact) mass is 284 g/mol. The van der Waals surface area contributed by atoms with Crippen molar-refractivity contribution in [2.75, 3.05) is 6.54 Å². The maximum atomic E-state index is 11.2. The zero-order valence-electron chi connectivity index (χ0n) is 12.0. The molecule has 4 nitrogen and oxygen atoms in total. The molecule has 1 fully saturated rings. The van der Waals surface area contributed by atoms with E-state index in [1.165, 1.54) is 5.56 Å². The minimum atomic E-state index is -0.645. The first-order valence-corrected chi connectivity index (χ1v) is 7.52. The third kappa shape index (κ3) is 3.05. The number of carbonyl (C=O) groups is 1. The maximum Gasteiger partial charge on any atom is 0.306 e. The first-order chi connectivity index (χ1) is 10.3. The van der Waals surface area contributed by atoms with Crippen LogP contribution >= 0.6 is 0 Å². The van der Waals surface area contributed by atoms with Gasteiger partial charge in [0.1, 0.15) is 0 Å². The third-order valence-electron chi connectivity index (χ3n) is 4.44. The molecule has 1 aliphatic carbocycles. The van der Waals surface area contributed by atoms with Crippen molar-refractivity contribution < 1.29 is 9.90 Å². The Balaban J connectivity index is 1.63. The molecule has 1 aromatic carbocycles. The molecule has 2 atom stereocenters. The number of carboxylic acids is 1. The van der Waals surface area contributed by atoms with E-state index >= 15 is 0 Å². The van der Waals surface area contributed by atoms with Gasteiger partial charge in [-0.2, -0.15) is 0 Å². The van der Waals surface area contributed by atoms with Gasteiger partial charge >= 0.3 is 5.97 Å². The third-order valence-corrected chi connectivity index (χ3v) is 4.44. The first kappa shape index (κ1) is 14.0. The van der Waals surface area contributed by atoms with Crippen LogP contribution in [0.5, 0.6) is 0 Å². The van der Waals surface area contributed by atoms with E-state index in [2.05, 4.69) is 16.4 Å². The highest BCUT2D eigenvalue weighted by atomic mass is 16.4. The summed E-state index contributed by atoms with van der Waals surface area (Å²) in [4.78, 5) is 15.5. The molecular formula is C17H20N2O2. The summed E-state index contributed by atoms with van der Waals surface area (Å²) >= 11 is 0. The van der Waals surface area contributed by atoms with E-state index in [0.29, 0.717) is 0 Å².